The SMILES string of the molecule is CCNC(=NCCNC(=O)c1scnc1C)NC1CCN(c2ccc(C)cc2)C1.I. The van der Waals surface area contributed by atoms with Crippen molar-refractivity contribution in [1.82, 2.24) is 20.9 Å². The van der Waals surface area contributed by atoms with E-state index in [0.29, 0.717) is 24.0 Å². The van der Waals surface area contributed by atoms with Crippen molar-refractivity contribution < 1.29 is 4.79 Å². The molecule has 0 saturated carbocycles. The minimum Gasteiger partial charge on any atom is -0.369 e. The molecule has 1 atom stereocenters. The molecule has 0 radical (unpaired) electrons. The summed E-state index contributed by atoms with van der Waals surface area (Å²) in [5.41, 5.74) is 5.01. The van der Waals surface area contributed by atoms with Crippen molar-refractivity contribution in [2.24, 2.45) is 4.99 Å². The summed E-state index contributed by atoms with van der Waals surface area (Å²) in [7, 11) is 0. The Hall–Kier alpha value is -1.88. The Morgan fingerprint density at radius 1 is 1.27 bits per heavy atom. The van der Waals surface area contributed by atoms with Crippen LogP contribution in [0.25, 0.3) is 0 Å². The number of halogens is 1. The van der Waals surface area contributed by atoms with E-state index in [-0.39, 0.29) is 29.9 Å². The average Bonchev–Trinajstić information content (AvgIpc) is 3.35. The molecule has 3 N–H and O–H groups in total. The van der Waals surface area contributed by atoms with Crippen LogP contribution in [0, 0.1) is 13.8 Å². The van der Waals surface area contributed by atoms with Gasteiger partial charge in [0.1, 0.15) is 4.88 Å². The maximum absolute atomic E-state index is 12.1. The Morgan fingerprint density at radius 2 is 2.03 bits per heavy atom. The highest BCUT2D eigenvalue weighted by molar-refractivity contribution is 14.0. The van der Waals surface area contributed by atoms with E-state index in [1.165, 1.54) is 22.6 Å². The van der Waals surface area contributed by atoms with Gasteiger partial charge in [0.2, 0.25) is 0 Å². The highest BCUT2D eigenvalue weighted by atomic mass is 127. The predicted octanol–water partition coefficient (Wildman–Crippen LogP) is 2.94. The van der Waals surface area contributed by atoms with Crippen molar-refractivity contribution >= 4 is 52.9 Å². The third kappa shape index (κ3) is 6.83. The summed E-state index contributed by atoms with van der Waals surface area (Å²) >= 11 is 1.36. The topological polar surface area (TPSA) is 81.6 Å². The molecule has 9 heteroatoms. The van der Waals surface area contributed by atoms with Gasteiger partial charge in [-0.1, -0.05) is 17.7 Å². The monoisotopic (exact) mass is 542 g/mol. The van der Waals surface area contributed by atoms with Gasteiger partial charge in [0, 0.05) is 37.9 Å². The molecule has 1 aliphatic rings. The highest BCUT2D eigenvalue weighted by Gasteiger charge is 2.23. The fraction of sp³-hybridized carbons (Fsp3) is 0.476. The lowest BCUT2D eigenvalue weighted by molar-refractivity contribution is 0.0958. The number of carbonyl (C=O) groups is 1. The van der Waals surface area contributed by atoms with Gasteiger partial charge in [0.15, 0.2) is 5.96 Å². The van der Waals surface area contributed by atoms with Crippen LogP contribution in [0.1, 0.15) is 34.3 Å². The first-order valence-corrected chi connectivity index (χ1v) is 11.0. The number of guanidine groups is 1. The standard InChI is InChI=1S/C21H30N6OS.HI/c1-4-22-21(24-11-10-23-20(28)19-16(3)25-14-29-19)26-17-9-12-27(13-17)18-7-5-15(2)6-8-18;/h5-8,14,17H,4,9-13H2,1-3H3,(H,23,28)(H2,22,24,26);1H. The van der Waals surface area contributed by atoms with Gasteiger partial charge < -0.3 is 20.9 Å². The number of aromatic nitrogens is 1. The second-order valence-corrected chi connectivity index (χ2v) is 8.05. The molecule has 1 fully saturated rings. The van der Waals surface area contributed by atoms with Crippen LogP contribution in [-0.4, -0.2) is 55.6 Å². The first kappa shape index (κ1) is 24.4. The number of aryl methyl sites for hydroxylation is 2. The Morgan fingerprint density at radius 3 is 2.70 bits per heavy atom. The van der Waals surface area contributed by atoms with Gasteiger partial charge in [-0.25, -0.2) is 4.98 Å². The molecular weight excluding hydrogens is 511 g/mol. The molecule has 7 nitrogen and oxygen atoms in total. The molecular formula is C21H31IN6OS. The van der Waals surface area contributed by atoms with Crippen LogP contribution >= 0.6 is 35.3 Å². The minimum atomic E-state index is -0.0808. The molecule has 1 aromatic carbocycles. The lowest BCUT2D eigenvalue weighted by atomic mass is 10.2. The fourth-order valence-corrected chi connectivity index (χ4v) is 4.04. The van der Waals surface area contributed by atoms with E-state index >= 15 is 0 Å². The number of hydrogen-bond donors (Lipinski definition) is 3. The molecule has 0 aliphatic carbocycles. The summed E-state index contributed by atoms with van der Waals surface area (Å²) in [5, 5.41) is 9.74. The van der Waals surface area contributed by atoms with Crippen LogP contribution in [0.15, 0.2) is 34.8 Å². The van der Waals surface area contributed by atoms with E-state index in [1.807, 2.05) is 6.92 Å². The van der Waals surface area contributed by atoms with Crippen LogP contribution in [-0.2, 0) is 0 Å². The molecule has 1 unspecified atom stereocenters. The number of benzene rings is 1. The number of nitrogens with one attached hydrogen (secondary N) is 3. The van der Waals surface area contributed by atoms with Crippen molar-refractivity contribution in [3.8, 4) is 0 Å². The molecule has 1 amide bonds. The molecule has 3 rings (SSSR count). The zero-order valence-electron chi connectivity index (χ0n) is 17.8. The first-order valence-electron chi connectivity index (χ1n) is 10.1. The van der Waals surface area contributed by atoms with Crippen LogP contribution in [0.2, 0.25) is 0 Å². The zero-order valence-corrected chi connectivity index (χ0v) is 20.9. The average molecular weight is 542 g/mol. The van der Waals surface area contributed by atoms with E-state index in [1.54, 1.807) is 5.51 Å². The van der Waals surface area contributed by atoms with Gasteiger partial charge in [0.05, 0.1) is 17.7 Å². The smallest absolute Gasteiger partial charge is 0.263 e. The molecule has 2 heterocycles. The largest absolute Gasteiger partial charge is 0.369 e. The number of aliphatic imine (C=N–C) groups is 1. The molecule has 0 spiro atoms. The second-order valence-electron chi connectivity index (χ2n) is 7.19. The van der Waals surface area contributed by atoms with Gasteiger partial charge in [-0.05, 0) is 39.3 Å². The van der Waals surface area contributed by atoms with Crippen LogP contribution in [0.4, 0.5) is 5.69 Å². The van der Waals surface area contributed by atoms with Gasteiger partial charge in [-0.15, -0.1) is 35.3 Å². The molecule has 0 bridgehead atoms. The Balaban J connectivity index is 0.00000320. The predicted molar refractivity (Wildman–Crippen MR) is 136 cm³/mol. The van der Waals surface area contributed by atoms with Crippen molar-refractivity contribution in [2.45, 2.75) is 33.2 Å². The lowest BCUT2D eigenvalue weighted by Crippen LogP contribution is -2.45. The van der Waals surface area contributed by atoms with Gasteiger partial charge in [0.25, 0.3) is 5.91 Å². The molecule has 1 aromatic heterocycles. The van der Waals surface area contributed by atoms with Crippen molar-refractivity contribution in [3.05, 3.63) is 45.9 Å². The van der Waals surface area contributed by atoms with E-state index in [9.17, 15) is 4.79 Å². The Labute approximate surface area is 199 Å². The normalized spacial score (nSPS) is 16.2. The van der Waals surface area contributed by atoms with Crippen molar-refractivity contribution in [3.63, 3.8) is 0 Å². The summed E-state index contributed by atoms with van der Waals surface area (Å²) in [6.45, 7) is 9.81. The van der Waals surface area contributed by atoms with Crippen LogP contribution in [0.5, 0.6) is 0 Å². The van der Waals surface area contributed by atoms with E-state index in [2.05, 4.69) is 68.9 Å². The number of hydrogen-bond acceptors (Lipinski definition) is 5. The van der Waals surface area contributed by atoms with E-state index in [0.717, 1.165) is 37.7 Å². The van der Waals surface area contributed by atoms with Gasteiger partial charge >= 0.3 is 0 Å². The molecule has 2 aromatic rings. The summed E-state index contributed by atoms with van der Waals surface area (Å²) in [6.07, 6.45) is 1.07. The van der Waals surface area contributed by atoms with Crippen molar-refractivity contribution in [1.29, 1.82) is 0 Å². The van der Waals surface area contributed by atoms with E-state index < -0.39 is 0 Å². The minimum absolute atomic E-state index is 0. The first-order chi connectivity index (χ1) is 14.1. The van der Waals surface area contributed by atoms with Crippen molar-refractivity contribution in [2.75, 3.05) is 37.6 Å². The quantitative estimate of drug-likeness (QED) is 0.217. The molecule has 164 valence electrons. The lowest BCUT2D eigenvalue weighted by Gasteiger charge is -2.20. The maximum atomic E-state index is 12.1. The second kappa shape index (κ2) is 12.1. The Kier molecular flexibility index (Phi) is 9.83. The number of nitrogens with zero attached hydrogens (tertiary/aromatic N) is 3. The van der Waals surface area contributed by atoms with Gasteiger partial charge in [-0.3, -0.25) is 9.79 Å². The fourth-order valence-electron chi connectivity index (χ4n) is 3.32. The Bertz CT molecular complexity index is 838. The van der Waals surface area contributed by atoms with Crippen LogP contribution < -0.4 is 20.9 Å². The number of anilines is 1. The summed E-state index contributed by atoms with van der Waals surface area (Å²) in [4.78, 5) is 23.9. The molecule has 1 saturated heterocycles. The summed E-state index contributed by atoms with van der Waals surface area (Å²) < 4.78 is 0. The summed E-state index contributed by atoms with van der Waals surface area (Å²) in [5.74, 6) is 0.717. The number of amides is 1. The number of carbonyl (C=O) groups excluding carboxylic acids is 1. The molecule has 30 heavy (non-hydrogen) atoms. The highest BCUT2D eigenvalue weighted by Crippen LogP contribution is 2.20. The zero-order chi connectivity index (χ0) is 20.6. The number of rotatable bonds is 7. The molecule has 1 aliphatic heterocycles. The van der Waals surface area contributed by atoms with E-state index in [4.69, 9.17) is 0 Å². The third-order valence-electron chi connectivity index (χ3n) is 4.89. The van der Waals surface area contributed by atoms with Gasteiger partial charge in [-0.2, -0.15) is 0 Å². The number of thiazole rings is 1. The maximum Gasteiger partial charge on any atom is 0.263 e. The van der Waals surface area contributed by atoms with Crippen LogP contribution in [0.3, 0.4) is 0 Å². The third-order valence-corrected chi connectivity index (χ3v) is 5.82. The summed E-state index contributed by atoms with van der Waals surface area (Å²) in [6, 6.07) is 9.03.